The van der Waals surface area contributed by atoms with E-state index in [1.807, 2.05) is 27.7 Å². The van der Waals surface area contributed by atoms with Crippen molar-refractivity contribution in [3.63, 3.8) is 0 Å². The molecule has 2 saturated carbocycles. The van der Waals surface area contributed by atoms with Crippen LogP contribution in [-0.2, 0) is 60.7 Å². The zero-order chi connectivity index (χ0) is 41.3. The van der Waals surface area contributed by atoms with Crippen LogP contribution in [-0.4, -0.2) is 79.4 Å². The molecule has 0 spiro atoms. The Hall–Kier alpha value is 0.650. The molecular weight excluding hydrogens is 854 g/mol. The van der Waals surface area contributed by atoms with Crippen LogP contribution in [0.2, 0.25) is 0 Å². The van der Waals surface area contributed by atoms with E-state index in [9.17, 15) is 0 Å². The van der Waals surface area contributed by atoms with E-state index in [2.05, 4.69) is 76.3 Å². The molecule has 1 aromatic carbocycles. The Morgan fingerprint density at radius 1 is 0.702 bits per heavy atom. The van der Waals surface area contributed by atoms with Crippen LogP contribution >= 0.6 is 42.1 Å². The number of hydrogen-bond donors (Lipinski definition) is 0. The van der Waals surface area contributed by atoms with E-state index in [4.69, 9.17) is 60.7 Å². The first-order valence-electron chi connectivity index (χ1n) is 21.4. The van der Waals surface area contributed by atoms with E-state index in [0.717, 1.165) is 17.1 Å². The molecule has 3 aliphatic carbocycles. The van der Waals surface area contributed by atoms with Gasteiger partial charge < -0.3 is 37.0 Å². The van der Waals surface area contributed by atoms with Gasteiger partial charge in [-0.05, 0) is 156 Å². The molecule has 15 heteroatoms. The highest BCUT2D eigenvalue weighted by Gasteiger charge is 2.54. The summed E-state index contributed by atoms with van der Waals surface area (Å²) in [6.07, 6.45) is 21.2. The normalized spacial score (nSPS) is 25.4. The van der Waals surface area contributed by atoms with Gasteiger partial charge in [0.1, 0.15) is 22.0 Å². The van der Waals surface area contributed by atoms with E-state index in [-0.39, 0.29) is 42.3 Å². The molecule has 1 aromatic rings. The van der Waals surface area contributed by atoms with Gasteiger partial charge in [0.15, 0.2) is 0 Å². The minimum absolute atomic E-state index is 0.128. The highest BCUT2D eigenvalue weighted by atomic mass is 32.9. The lowest BCUT2D eigenvalue weighted by molar-refractivity contribution is -0.0654. The molecule has 3 fully saturated rings. The Morgan fingerprint density at radius 2 is 1.16 bits per heavy atom. The standard InChI is InChI=1S/C30H45O2P.C12H26O6P2S4/c1-23(2)31-28-21-14-22-30(32-24(3)4,29(28)25-15-8-5-9-16-25)33(26-17-10-6-11-18-26)27-19-12-7-13-20-27;1-5-15-19(21,16-6-2)23-11-12(14-10-9-13-11)24-20(22,17-7-3)18-8-4/h5,8-9,14-16,21-24,26-27,29H,6-7,10-13,17-20H2,1-4H3;11-12H,5-10H2,1-4H3. The molecule has 1 aliphatic heterocycles. The van der Waals surface area contributed by atoms with E-state index in [1.54, 1.807) is 0 Å². The summed E-state index contributed by atoms with van der Waals surface area (Å²) in [4.78, 5) is 0. The number of allylic oxidation sites excluding steroid dienone is 2. The Bertz CT molecular complexity index is 1380. The average molecular weight is 925 g/mol. The zero-order valence-electron chi connectivity index (χ0n) is 35.7. The van der Waals surface area contributed by atoms with Gasteiger partial charge in [-0.25, -0.2) is 0 Å². The molecule has 326 valence electrons. The number of rotatable bonds is 20. The van der Waals surface area contributed by atoms with Gasteiger partial charge in [0, 0.05) is 0 Å². The fourth-order valence-corrected chi connectivity index (χ4v) is 24.0. The molecule has 0 N–H and O–H groups in total. The van der Waals surface area contributed by atoms with Crippen molar-refractivity contribution < 1.29 is 37.0 Å². The second kappa shape index (κ2) is 25.7. The van der Waals surface area contributed by atoms with Crippen molar-refractivity contribution in [3.8, 4) is 0 Å². The molecule has 4 atom stereocenters. The molecule has 4 unspecified atom stereocenters. The smallest absolute Gasteiger partial charge is 0.249 e. The van der Waals surface area contributed by atoms with Crippen molar-refractivity contribution >= 4 is 65.7 Å². The van der Waals surface area contributed by atoms with Crippen LogP contribution in [0.3, 0.4) is 0 Å². The third-order valence-electron chi connectivity index (χ3n) is 10.0. The molecule has 8 nitrogen and oxygen atoms in total. The summed E-state index contributed by atoms with van der Waals surface area (Å²) in [5.41, 5.74) is -2.73. The molecule has 5 rings (SSSR count). The summed E-state index contributed by atoms with van der Waals surface area (Å²) in [6, 6.07) is 11.1. The monoisotopic (exact) mass is 924 g/mol. The third-order valence-corrected chi connectivity index (χ3v) is 25.0. The molecule has 0 bridgehead atoms. The predicted octanol–water partition coefficient (Wildman–Crippen LogP) is 13.7. The average Bonchev–Trinajstić information content (AvgIpc) is 3.17. The van der Waals surface area contributed by atoms with Gasteiger partial charge in [0.2, 0.25) is 11.4 Å². The van der Waals surface area contributed by atoms with Crippen molar-refractivity contribution in [2.24, 2.45) is 0 Å². The minimum Gasteiger partial charge on any atom is -0.495 e. The van der Waals surface area contributed by atoms with Gasteiger partial charge in [0.25, 0.3) is 0 Å². The lowest BCUT2D eigenvalue weighted by Gasteiger charge is -2.54. The van der Waals surface area contributed by atoms with Crippen molar-refractivity contribution in [1.29, 1.82) is 0 Å². The van der Waals surface area contributed by atoms with Gasteiger partial charge in [0.05, 0.1) is 57.8 Å². The zero-order valence-corrected chi connectivity index (χ0v) is 41.7. The topological polar surface area (TPSA) is 73.8 Å². The summed E-state index contributed by atoms with van der Waals surface area (Å²) in [7, 11) is -0.376. The molecule has 0 amide bonds. The van der Waals surface area contributed by atoms with Crippen molar-refractivity contribution in [3.05, 3.63) is 59.9 Å². The number of benzene rings is 1. The molecule has 0 aromatic heterocycles. The number of ether oxygens (including phenoxy) is 4. The van der Waals surface area contributed by atoms with Gasteiger partial charge in [-0.1, -0.05) is 82.9 Å². The minimum atomic E-state index is -2.49. The fourth-order valence-electron chi connectivity index (χ4n) is 8.20. The molecule has 1 heterocycles. The largest absolute Gasteiger partial charge is 0.495 e. The predicted molar refractivity (Wildman–Crippen MR) is 252 cm³/mol. The molecule has 57 heavy (non-hydrogen) atoms. The summed E-state index contributed by atoms with van der Waals surface area (Å²) >= 11 is 13.9. The summed E-state index contributed by atoms with van der Waals surface area (Å²) < 4.78 is 48.3. The first kappa shape index (κ1) is 50.3. The van der Waals surface area contributed by atoms with E-state index < -0.39 is 11.4 Å². The third kappa shape index (κ3) is 15.2. The van der Waals surface area contributed by atoms with Crippen LogP contribution in [0.25, 0.3) is 0 Å². The molecular formula is C42H71O8P3S4. The summed E-state index contributed by atoms with van der Waals surface area (Å²) in [5.74, 6) is 1.22. The fraction of sp³-hybridized carbons (Fsp3) is 0.762. The quantitative estimate of drug-likeness (QED) is 0.117. The van der Waals surface area contributed by atoms with E-state index in [0.29, 0.717) is 39.6 Å². The van der Waals surface area contributed by atoms with Gasteiger partial charge in [-0.2, -0.15) is 0 Å². The maximum Gasteiger partial charge on any atom is 0.249 e. The summed E-state index contributed by atoms with van der Waals surface area (Å²) in [5, 5.41) is -0.298. The van der Waals surface area contributed by atoms with Gasteiger partial charge >= 0.3 is 0 Å². The van der Waals surface area contributed by atoms with Gasteiger partial charge in [-0.15, -0.1) is 0 Å². The van der Waals surface area contributed by atoms with Crippen LogP contribution in [0.5, 0.6) is 0 Å². The highest BCUT2D eigenvalue weighted by molar-refractivity contribution is 8.69. The van der Waals surface area contributed by atoms with E-state index in [1.165, 1.54) is 92.5 Å². The summed E-state index contributed by atoms with van der Waals surface area (Å²) in [6.45, 7) is 19.3. The van der Waals surface area contributed by atoms with Gasteiger partial charge in [-0.3, -0.25) is 0 Å². The van der Waals surface area contributed by atoms with Crippen LogP contribution in [0.15, 0.2) is 54.3 Å². The lowest BCUT2D eigenvalue weighted by Crippen LogP contribution is -2.46. The van der Waals surface area contributed by atoms with E-state index >= 15 is 0 Å². The Labute approximate surface area is 365 Å². The molecule has 0 radical (unpaired) electrons. The first-order valence-corrected chi connectivity index (χ1v) is 31.1. The second-order valence-electron chi connectivity index (χ2n) is 15.1. The molecule has 1 saturated heterocycles. The second-order valence-corrected chi connectivity index (χ2v) is 30.7. The maximum atomic E-state index is 7.25. The van der Waals surface area contributed by atoms with Crippen LogP contribution in [0.1, 0.15) is 131 Å². The molecule has 4 aliphatic rings. The van der Waals surface area contributed by atoms with Crippen LogP contribution in [0, 0.1) is 0 Å². The van der Waals surface area contributed by atoms with Crippen molar-refractivity contribution in [2.75, 3.05) is 39.6 Å². The maximum absolute atomic E-state index is 7.25. The Balaban J connectivity index is 0.000000267. The van der Waals surface area contributed by atoms with Crippen LogP contribution < -0.4 is 0 Å². The SMILES string of the molecule is CC(C)OC1=CC=CC(OC(C)C)(P(C2CCCCC2)C2CCCCC2)C1c1ccccc1.CCOP(=S)(OCC)SC1OCCOC1SP(=S)(OCC)OCC. The number of hydrogen-bond acceptors (Lipinski definition) is 12. The van der Waals surface area contributed by atoms with Crippen molar-refractivity contribution in [2.45, 2.75) is 165 Å². The van der Waals surface area contributed by atoms with Crippen LogP contribution in [0.4, 0.5) is 0 Å². The Kier molecular flexibility index (Phi) is 22.7. The lowest BCUT2D eigenvalue weighted by atomic mass is 9.87. The Morgan fingerprint density at radius 3 is 1.56 bits per heavy atom. The first-order chi connectivity index (χ1) is 27.4. The highest BCUT2D eigenvalue weighted by Crippen LogP contribution is 2.71. The van der Waals surface area contributed by atoms with Crippen molar-refractivity contribution in [1.82, 2.24) is 0 Å².